The van der Waals surface area contributed by atoms with E-state index in [4.69, 9.17) is 5.11 Å². The van der Waals surface area contributed by atoms with Crippen molar-refractivity contribution in [2.45, 2.75) is 20.8 Å². The summed E-state index contributed by atoms with van der Waals surface area (Å²) in [6.07, 6.45) is 4.23. The maximum Gasteiger partial charge on any atom is 0.328 e. The fourth-order valence-electron chi connectivity index (χ4n) is 1.96. The van der Waals surface area contributed by atoms with Crippen LogP contribution in [-0.2, 0) is 4.79 Å². The van der Waals surface area contributed by atoms with E-state index >= 15 is 0 Å². The number of carboxylic acids is 1. The van der Waals surface area contributed by atoms with Crippen LogP contribution in [0.3, 0.4) is 0 Å². The monoisotopic (exact) mass is 256 g/mol. The SMILES string of the molecule is Cc1cc(C)c(-c2cnc(/C=C/C(=O)O)[nH]2)cc1C. The topological polar surface area (TPSA) is 66.0 Å². The van der Waals surface area contributed by atoms with Gasteiger partial charge in [-0.1, -0.05) is 6.07 Å². The van der Waals surface area contributed by atoms with Crippen LogP contribution >= 0.6 is 0 Å². The summed E-state index contributed by atoms with van der Waals surface area (Å²) in [5.74, 6) is -0.449. The van der Waals surface area contributed by atoms with Crippen molar-refractivity contribution < 1.29 is 9.90 Å². The Hall–Kier alpha value is -2.36. The van der Waals surface area contributed by atoms with E-state index in [1.54, 1.807) is 6.20 Å². The lowest BCUT2D eigenvalue weighted by atomic mass is 9.99. The second-order valence-corrected chi connectivity index (χ2v) is 4.61. The lowest BCUT2D eigenvalue weighted by Gasteiger charge is -2.07. The van der Waals surface area contributed by atoms with Gasteiger partial charge in [0.25, 0.3) is 0 Å². The highest BCUT2D eigenvalue weighted by Gasteiger charge is 2.07. The minimum Gasteiger partial charge on any atom is -0.478 e. The zero-order valence-electron chi connectivity index (χ0n) is 11.2. The molecule has 0 aliphatic carbocycles. The number of aryl methyl sites for hydroxylation is 3. The van der Waals surface area contributed by atoms with Gasteiger partial charge in [-0.25, -0.2) is 9.78 Å². The van der Waals surface area contributed by atoms with Gasteiger partial charge in [0.2, 0.25) is 0 Å². The van der Waals surface area contributed by atoms with Crippen LogP contribution in [0.4, 0.5) is 0 Å². The Bertz CT molecular complexity index is 654. The van der Waals surface area contributed by atoms with Crippen molar-refractivity contribution in [2.75, 3.05) is 0 Å². The molecule has 0 spiro atoms. The number of aromatic nitrogens is 2. The lowest BCUT2D eigenvalue weighted by Crippen LogP contribution is -1.89. The number of hydrogen-bond donors (Lipinski definition) is 2. The molecule has 2 N–H and O–H groups in total. The molecule has 2 rings (SSSR count). The van der Waals surface area contributed by atoms with Gasteiger partial charge in [0.05, 0.1) is 11.9 Å². The van der Waals surface area contributed by atoms with Crippen molar-refractivity contribution in [1.82, 2.24) is 9.97 Å². The number of aromatic amines is 1. The fourth-order valence-corrected chi connectivity index (χ4v) is 1.96. The van der Waals surface area contributed by atoms with E-state index < -0.39 is 5.97 Å². The highest BCUT2D eigenvalue weighted by molar-refractivity contribution is 5.84. The van der Waals surface area contributed by atoms with Gasteiger partial charge in [0, 0.05) is 11.6 Å². The first kappa shape index (κ1) is 13.1. The maximum absolute atomic E-state index is 10.5. The molecule has 0 bridgehead atoms. The number of aliphatic carboxylic acids is 1. The third-order valence-electron chi connectivity index (χ3n) is 3.11. The summed E-state index contributed by atoms with van der Waals surface area (Å²) >= 11 is 0. The first-order valence-corrected chi connectivity index (χ1v) is 6.01. The molecule has 1 aromatic heterocycles. The van der Waals surface area contributed by atoms with Crippen LogP contribution in [0.1, 0.15) is 22.5 Å². The predicted molar refractivity (Wildman–Crippen MR) is 74.9 cm³/mol. The van der Waals surface area contributed by atoms with Crippen molar-refractivity contribution >= 4 is 12.0 Å². The number of carbonyl (C=O) groups is 1. The Morgan fingerprint density at radius 3 is 2.58 bits per heavy atom. The molecule has 2 aromatic rings. The summed E-state index contributed by atoms with van der Waals surface area (Å²) in [5.41, 5.74) is 5.63. The van der Waals surface area contributed by atoms with Gasteiger partial charge in [-0.3, -0.25) is 0 Å². The first-order chi connectivity index (χ1) is 8.97. The fraction of sp³-hybridized carbons (Fsp3) is 0.200. The van der Waals surface area contributed by atoms with Gasteiger partial charge in [0.1, 0.15) is 5.82 Å². The number of imidazole rings is 1. The van der Waals surface area contributed by atoms with Crippen LogP contribution in [0, 0.1) is 20.8 Å². The Balaban J connectivity index is 2.38. The highest BCUT2D eigenvalue weighted by Crippen LogP contribution is 2.25. The molecule has 0 saturated heterocycles. The van der Waals surface area contributed by atoms with Crippen LogP contribution in [0.2, 0.25) is 0 Å². The van der Waals surface area contributed by atoms with Crippen molar-refractivity contribution in [3.63, 3.8) is 0 Å². The van der Waals surface area contributed by atoms with Crippen molar-refractivity contribution in [1.29, 1.82) is 0 Å². The smallest absolute Gasteiger partial charge is 0.328 e. The Labute approximate surface area is 111 Å². The quantitative estimate of drug-likeness (QED) is 0.829. The van der Waals surface area contributed by atoms with E-state index in [1.807, 2.05) is 0 Å². The van der Waals surface area contributed by atoms with E-state index in [-0.39, 0.29) is 0 Å². The molecule has 0 fully saturated rings. The standard InChI is InChI=1S/C15H16N2O2/c1-9-6-11(3)12(7-10(9)2)13-8-16-14(17-13)4-5-15(18)19/h4-8H,1-3H3,(H,16,17)(H,18,19)/b5-4+. The van der Waals surface area contributed by atoms with Gasteiger partial charge in [-0.15, -0.1) is 0 Å². The Morgan fingerprint density at radius 2 is 1.89 bits per heavy atom. The second-order valence-electron chi connectivity index (χ2n) is 4.61. The van der Waals surface area contributed by atoms with Gasteiger partial charge in [-0.2, -0.15) is 0 Å². The third-order valence-corrected chi connectivity index (χ3v) is 3.11. The number of nitrogens with one attached hydrogen (secondary N) is 1. The molecule has 0 saturated carbocycles. The third kappa shape index (κ3) is 2.91. The molecule has 0 radical (unpaired) electrons. The number of hydrogen-bond acceptors (Lipinski definition) is 2. The zero-order chi connectivity index (χ0) is 14.0. The van der Waals surface area contributed by atoms with Crippen molar-refractivity contribution in [3.8, 4) is 11.3 Å². The van der Waals surface area contributed by atoms with Crippen LogP contribution in [0.25, 0.3) is 17.3 Å². The summed E-state index contributed by atoms with van der Waals surface area (Å²) in [7, 11) is 0. The molecule has 0 unspecified atom stereocenters. The number of H-pyrrole nitrogens is 1. The molecule has 0 aliphatic rings. The molecule has 1 aromatic carbocycles. The van der Waals surface area contributed by atoms with Crippen LogP contribution in [0.15, 0.2) is 24.4 Å². The van der Waals surface area contributed by atoms with E-state index in [2.05, 4.69) is 42.9 Å². The summed E-state index contributed by atoms with van der Waals surface area (Å²) in [4.78, 5) is 17.7. The number of benzene rings is 1. The van der Waals surface area contributed by atoms with Crippen LogP contribution < -0.4 is 0 Å². The average Bonchev–Trinajstić information content (AvgIpc) is 2.80. The lowest BCUT2D eigenvalue weighted by molar-refractivity contribution is -0.131. The molecule has 0 amide bonds. The van der Waals surface area contributed by atoms with Crippen LogP contribution in [-0.4, -0.2) is 21.0 Å². The predicted octanol–water partition coefficient (Wildman–Crippen LogP) is 3.10. The molecule has 98 valence electrons. The van der Waals surface area contributed by atoms with E-state index in [0.29, 0.717) is 5.82 Å². The molecular weight excluding hydrogens is 240 g/mol. The minimum atomic E-state index is -0.986. The van der Waals surface area contributed by atoms with Gasteiger partial charge >= 0.3 is 5.97 Å². The van der Waals surface area contributed by atoms with Crippen molar-refractivity contribution in [2.24, 2.45) is 0 Å². The molecule has 0 aliphatic heterocycles. The van der Waals surface area contributed by atoms with Gasteiger partial charge in [-0.05, 0) is 49.6 Å². The normalized spacial score (nSPS) is 11.1. The average molecular weight is 256 g/mol. The number of carboxylic acid groups (broad SMARTS) is 1. The molecular formula is C15H16N2O2. The van der Waals surface area contributed by atoms with Crippen LogP contribution in [0.5, 0.6) is 0 Å². The van der Waals surface area contributed by atoms with Gasteiger partial charge < -0.3 is 10.1 Å². The number of nitrogens with zero attached hydrogens (tertiary/aromatic N) is 1. The van der Waals surface area contributed by atoms with Crippen molar-refractivity contribution in [3.05, 3.63) is 46.9 Å². The molecule has 4 nitrogen and oxygen atoms in total. The van der Waals surface area contributed by atoms with E-state index in [1.165, 1.54) is 22.8 Å². The molecule has 19 heavy (non-hydrogen) atoms. The van der Waals surface area contributed by atoms with E-state index in [9.17, 15) is 4.79 Å². The first-order valence-electron chi connectivity index (χ1n) is 6.01. The summed E-state index contributed by atoms with van der Waals surface area (Å²) in [6.45, 7) is 6.20. The summed E-state index contributed by atoms with van der Waals surface area (Å²) < 4.78 is 0. The highest BCUT2D eigenvalue weighted by atomic mass is 16.4. The molecule has 1 heterocycles. The summed E-state index contributed by atoms with van der Waals surface area (Å²) in [6, 6.07) is 4.25. The molecule has 4 heteroatoms. The Morgan fingerprint density at radius 1 is 1.21 bits per heavy atom. The summed E-state index contributed by atoms with van der Waals surface area (Å²) in [5, 5.41) is 8.58. The zero-order valence-corrected chi connectivity index (χ0v) is 11.2. The Kier molecular flexibility index (Phi) is 3.51. The van der Waals surface area contributed by atoms with Gasteiger partial charge in [0.15, 0.2) is 0 Å². The minimum absolute atomic E-state index is 0.537. The molecule has 0 atom stereocenters. The second kappa shape index (κ2) is 5.10. The largest absolute Gasteiger partial charge is 0.478 e. The number of rotatable bonds is 3. The maximum atomic E-state index is 10.5. The van der Waals surface area contributed by atoms with E-state index in [0.717, 1.165) is 17.3 Å².